The van der Waals surface area contributed by atoms with Gasteiger partial charge in [0.1, 0.15) is 0 Å². The third-order valence-electron chi connectivity index (χ3n) is 1.80. The highest BCUT2D eigenvalue weighted by Crippen LogP contribution is 2.07. The van der Waals surface area contributed by atoms with Gasteiger partial charge in [-0.15, -0.1) is 0 Å². The molecular weight excluding hydrogens is 168 g/mol. The average Bonchev–Trinajstić information content (AvgIpc) is 2.05. The summed E-state index contributed by atoms with van der Waals surface area (Å²) in [6, 6.07) is 0. The number of hydrogen-bond acceptors (Lipinski definition) is 3. The van der Waals surface area contributed by atoms with E-state index in [9.17, 15) is 5.11 Å². The first-order chi connectivity index (χ1) is 6.20. The van der Waals surface area contributed by atoms with Crippen LogP contribution >= 0.6 is 0 Å². The Morgan fingerprint density at radius 2 is 1.92 bits per heavy atom. The lowest BCUT2D eigenvalue weighted by atomic mass is 10.2. The van der Waals surface area contributed by atoms with Gasteiger partial charge in [-0.25, -0.2) is 0 Å². The van der Waals surface area contributed by atoms with Crippen molar-refractivity contribution in [3.8, 4) is 0 Å². The Hall–Kier alpha value is -0.120. The Morgan fingerprint density at radius 3 is 2.46 bits per heavy atom. The van der Waals surface area contributed by atoms with Crippen molar-refractivity contribution < 1.29 is 14.6 Å². The topological polar surface area (TPSA) is 38.7 Å². The summed E-state index contributed by atoms with van der Waals surface area (Å²) in [5.41, 5.74) is 0. The van der Waals surface area contributed by atoms with E-state index in [1.54, 1.807) is 6.92 Å². The summed E-state index contributed by atoms with van der Waals surface area (Å²) in [5, 5.41) is 9.37. The summed E-state index contributed by atoms with van der Waals surface area (Å²) in [4.78, 5) is 0. The first kappa shape index (κ1) is 12.9. The third kappa shape index (κ3) is 8.22. The third-order valence-corrected chi connectivity index (χ3v) is 1.80. The predicted octanol–water partition coefficient (Wildman–Crippen LogP) is 2.28. The van der Waals surface area contributed by atoms with Gasteiger partial charge >= 0.3 is 0 Å². The first-order valence-electron chi connectivity index (χ1n) is 5.15. The van der Waals surface area contributed by atoms with Gasteiger partial charge in [0.15, 0.2) is 12.6 Å². The van der Waals surface area contributed by atoms with Crippen LogP contribution in [-0.2, 0) is 9.47 Å². The van der Waals surface area contributed by atoms with Crippen molar-refractivity contribution in [3.05, 3.63) is 0 Å². The fraction of sp³-hybridized carbons (Fsp3) is 1.00. The Morgan fingerprint density at radius 1 is 1.23 bits per heavy atom. The Bertz CT molecular complexity index is 106. The van der Waals surface area contributed by atoms with Crippen LogP contribution in [0.25, 0.3) is 0 Å². The Kier molecular flexibility index (Phi) is 8.40. The van der Waals surface area contributed by atoms with E-state index < -0.39 is 6.29 Å². The average molecular weight is 190 g/mol. The minimum atomic E-state index is -0.673. The van der Waals surface area contributed by atoms with Crippen molar-refractivity contribution in [1.29, 1.82) is 0 Å². The minimum Gasteiger partial charge on any atom is -0.368 e. The van der Waals surface area contributed by atoms with E-state index in [1.807, 2.05) is 6.92 Å². The molecule has 0 spiro atoms. The molecule has 0 radical (unpaired) electrons. The number of hydrogen-bond donors (Lipinski definition) is 1. The van der Waals surface area contributed by atoms with Gasteiger partial charge in [0, 0.05) is 6.61 Å². The second kappa shape index (κ2) is 8.48. The summed E-state index contributed by atoms with van der Waals surface area (Å²) in [6.45, 7) is 6.45. The molecule has 3 nitrogen and oxygen atoms in total. The molecular formula is C10H22O3. The normalized spacial score (nSPS) is 15.7. The zero-order chi connectivity index (χ0) is 10.1. The molecule has 0 bridgehead atoms. The summed E-state index contributed by atoms with van der Waals surface area (Å²) in [6.07, 6.45) is 3.04. The lowest BCUT2D eigenvalue weighted by Crippen LogP contribution is -2.21. The number of aliphatic hydroxyl groups excluding tert-OH is 1. The van der Waals surface area contributed by atoms with Crippen LogP contribution in [0.4, 0.5) is 0 Å². The Labute approximate surface area is 81.0 Å². The molecule has 0 aliphatic rings. The predicted molar refractivity (Wildman–Crippen MR) is 52.3 cm³/mol. The summed E-state index contributed by atoms with van der Waals surface area (Å²) in [5.74, 6) is 0. The second-order valence-electron chi connectivity index (χ2n) is 3.11. The van der Waals surface area contributed by atoms with Crippen LogP contribution in [-0.4, -0.2) is 24.3 Å². The molecule has 0 aromatic heterocycles. The summed E-state index contributed by atoms with van der Waals surface area (Å²) in [7, 11) is 0. The van der Waals surface area contributed by atoms with Crippen LogP contribution in [0.5, 0.6) is 0 Å². The maximum absolute atomic E-state index is 9.37. The molecule has 3 heteroatoms. The van der Waals surface area contributed by atoms with E-state index in [4.69, 9.17) is 9.47 Å². The molecule has 0 aromatic rings. The second-order valence-corrected chi connectivity index (χ2v) is 3.11. The fourth-order valence-electron chi connectivity index (χ4n) is 1.13. The summed E-state index contributed by atoms with van der Waals surface area (Å²) >= 11 is 0. The number of aliphatic hydroxyl groups is 1. The molecule has 0 saturated carbocycles. The first-order valence-corrected chi connectivity index (χ1v) is 5.15. The standard InChI is InChI=1S/C10H22O3/c1-4-6-7-8-10(11)13-9(3)12-5-2/h9-11H,4-8H2,1-3H3. The molecule has 0 aliphatic carbocycles. The largest absolute Gasteiger partial charge is 0.368 e. The van der Waals surface area contributed by atoms with E-state index in [-0.39, 0.29) is 6.29 Å². The van der Waals surface area contributed by atoms with Gasteiger partial charge in [-0.3, -0.25) is 0 Å². The van der Waals surface area contributed by atoms with Gasteiger partial charge in [-0.05, 0) is 26.7 Å². The van der Waals surface area contributed by atoms with E-state index in [1.165, 1.54) is 0 Å². The van der Waals surface area contributed by atoms with Crippen molar-refractivity contribution in [1.82, 2.24) is 0 Å². The molecule has 1 N–H and O–H groups in total. The molecule has 0 heterocycles. The molecule has 0 saturated heterocycles. The van der Waals surface area contributed by atoms with E-state index in [0.29, 0.717) is 13.0 Å². The van der Waals surface area contributed by atoms with Crippen molar-refractivity contribution in [3.63, 3.8) is 0 Å². The van der Waals surface area contributed by atoms with Gasteiger partial charge in [-0.2, -0.15) is 0 Å². The molecule has 0 aromatic carbocycles. The van der Waals surface area contributed by atoms with E-state index in [2.05, 4.69) is 6.92 Å². The quantitative estimate of drug-likeness (QED) is 0.471. The van der Waals surface area contributed by atoms with Crippen molar-refractivity contribution >= 4 is 0 Å². The smallest absolute Gasteiger partial charge is 0.157 e. The number of ether oxygens (including phenoxy) is 2. The van der Waals surface area contributed by atoms with Crippen LogP contribution in [0.1, 0.15) is 46.5 Å². The van der Waals surface area contributed by atoms with Gasteiger partial charge in [0.25, 0.3) is 0 Å². The molecule has 0 rings (SSSR count). The van der Waals surface area contributed by atoms with Crippen LogP contribution in [0.15, 0.2) is 0 Å². The van der Waals surface area contributed by atoms with Crippen LogP contribution in [0.2, 0.25) is 0 Å². The minimum absolute atomic E-state index is 0.304. The van der Waals surface area contributed by atoms with Crippen molar-refractivity contribution in [2.75, 3.05) is 6.61 Å². The van der Waals surface area contributed by atoms with Crippen LogP contribution in [0.3, 0.4) is 0 Å². The molecule has 0 amide bonds. The Balaban J connectivity index is 3.32. The number of unbranched alkanes of at least 4 members (excludes halogenated alkanes) is 2. The van der Waals surface area contributed by atoms with Gasteiger partial charge in [0.05, 0.1) is 0 Å². The molecule has 13 heavy (non-hydrogen) atoms. The zero-order valence-electron chi connectivity index (χ0n) is 8.95. The summed E-state index contributed by atoms with van der Waals surface area (Å²) < 4.78 is 10.3. The number of rotatable bonds is 8. The van der Waals surface area contributed by atoms with Crippen molar-refractivity contribution in [2.45, 2.75) is 59.0 Å². The van der Waals surface area contributed by atoms with E-state index >= 15 is 0 Å². The van der Waals surface area contributed by atoms with E-state index in [0.717, 1.165) is 19.3 Å². The van der Waals surface area contributed by atoms with Gasteiger partial charge in [0.2, 0.25) is 0 Å². The van der Waals surface area contributed by atoms with Crippen molar-refractivity contribution in [2.24, 2.45) is 0 Å². The highest BCUT2D eigenvalue weighted by Gasteiger charge is 2.08. The monoisotopic (exact) mass is 190 g/mol. The molecule has 0 aliphatic heterocycles. The molecule has 2 unspecified atom stereocenters. The lowest BCUT2D eigenvalue weighted by molar-refractivity contribution is -0.220. The molecule has 2 atom stereocenters. The molecule has 80 valence electrons. The van der Waals surface area contributed by atoms with Gasteiger partial charge < -0.3 is 14.6 Å². The molecule has 0 fully saturated rings. The lowest BCUT2D eigenvalue weighted by Gasteiger charge is -2.17. The fourth-order valence-corrected chi connectivity index (χ4v) is 1.13. The van der Waals surface area contributed by atoms with Crippen LogP contribution < -0.4 is 0 Å². The highest BCUT2D eigenvalue weighted by atomic mass is 16.7. The SMILES string of the molecule is CCCCCC(O)OC(C)OCC. The maximum atomic E-state index is 9.37. The maximum Gasteiger partial charge on any atom is 0.157 e. The zero-order valence-corrected chi connectivity index (χ0v) is 8.95. The highest BCUT2D eigenvalue weighted by molar-refractivity contribution is 4.45. The van der Waals surface area contributed by atoms with Crippen LogP contribution in [0, 0.1) is 0 Å². The van der Waals surface area contributed by atoms with Gasteiger partial charge in [-0.1, -0.05) is 19.8 Å².